The number of halogens is 1. The number of nitrogens with zero attached hydrogens (tertiary/aromatic N) is 3. The Morgan fingerprint density at radius 2 is 1.35 bits per heavy atom. The molecular formula is C29H30ClN7. The van der Waals surface area contributed by atoms with E-state index < -0.39 is 0 Å². The van der Waals surface area contributed by atoms with Crippen LogP contribution in [0.25, 0.3) is 44.7 Å². The van der Waals surface area contributed by atoms with Crippen LogP contribution in [0.5, 0.6) is 0 Å². The summed E-state index contributed by atoms with van der Waals surface area (Å²) in [5, 5.41) is 7.01. The quantitative estimate of drug-likeness (QED) is 0.234. The highest BCUT2D eigenvalue weighted by Crippen LogP contribution is 2.29. The molecule has 0 aliphatic carbocycles. The molecule has 2 atom stereocenters. The zero-order valence-electron chi connectivity index (χ0n) is 20.5. The first kappa shape index (κ1) is 23.9. The molecule has 4 N–H and O–H groups in total. The van der Waals surface area contributed by atoms with Crippen LogP contribution >= 0.6 is 12.4 Å². The van der Waals surface area contributed by atoms with E-state index in [1.807, 2.05) is 12.4 Å². The second-order valence-electron chi connectivity index (χ2n) is 9.84. The fourth-order valence-electron chi connectivity index (χ4n) is 5.43. The summed E-state index contributed by atoms with van der Waals surface area (Å²) in [4.78, 5) is 21.2. The number of aromatic amines is 2. The predicted octanol–water partition coefficient (Wildman–Crippen LogP) is 5.95. The molecule has 5 heterocycles. The van der Waals surface area contributed by atoms with E-state index in [0.29, 0.717) is 12.1 Å². The van der Waals surface area contributed by atoms with Gasteiger partial charge in [-0.1, -0.05) is 36.4 Å². The van der Waals surface area contributed by atoms with Gasteiger partial charge >= 0.3 is 0 Å². The standard InChI is InChI=1S/C29H29N7.ClH/c1-3-24(30-13-1)28-33-17-27(36-28)19-7-5-18(6-8-19)21-10-11-22(32-16-21)20-9-12-23-26(15-20)35-29(34-23)25-4-2-14-31-25;/h5-12,15-17,24-25,30-31H,1-4,13-14H2,(H,33,36)(H,34,35);1H/t24-,25?;/m0./s1. The lowest BCUT2D eigenvalue weighted by Crippen LogP contribution is -2.14. The van der Waals surface area contributed by atoms with Crippen molar-refractivity contribution in [2.24, 2.45) is 0 Å². The maximum absolute atomic E-state index is 4.79. The van der Waals surface area contributed by atoms with Crippen LogP contribution in [0.3, 0.4) is 0 Å². The summed E-state index contributed by atoms with van der Waals surface area (Å²) in [7, 11) is 0. The maximum atomic E-state index is 4.79. The lowest BCUT2D eigenvalue weighted by molar-refractivity contribution is 0.613. The molecule has 7 nitrogen and oxygen atoms in total. The first-order valence-corrected chi connectivity index (χ1v) is 12.9. The number of aromatic nitrogens is 5. The number of hydrogen-bond acceptors (Lipinski definition) is 5. The van der Waals surface area contributed by atoms with Crippen LogP contribution in [0.1, 0.15) is 49.4 Å². The van der Waals surface area contributed by atoms with Crippen LogP contribution in [0.15, 0.2) is 67.0 Å². The van der Waals surface area contributed by atoms with Gasteiger partial charge in [0.2, 0.25) is 0 Å². The normalized spacial score (nSPS) is 19.4. The first-order valence-electron chi connectivity index (χ1n) is 12.9. The second-order valence-corrected chi connectivity index (χ2v) is 9.84. The van der Waals surface area contributed by atoms with E-state index in [2.05, 4.69) is 80.2 Å². The molecule has 2 aliphatic rings. The number of H-pyrrole nitrogens is 2. The van der Waals surface area contributed by atoms with Crippen molar-refractivity contribution in [3.05, 3.63) is 78.6 Å². The van der Waals surface area contributed by atoms with Crippen molar-refractivity contribution >= 4 is 23.4 Å². The number of hydrogen-bond donors (Lipinski definition) is 4. The highest BCUT2D eigenvalue weighted by atomic mass is 35.5. The third kappa shape index (κ3) is 4.66. The molecule has 1 unspecified atom stereocenters. The minimum Gasteiger partial charge on any atom is -0.341 e. The largest absolute Gasteiger partial charge is 0.341 e. The van der Waals surface area contributed by atoms with Gasteiger partial charge in [0, 0.05) is 17.3 Å². The smallest absolute Gasteiger partial charge is 0.124 e. The fraction of sp³-hybridized carbons (Fsp3) is 0.276. The lowest BCUT2D eigenvalue weighted by atomic mass is 10.0. The van der Waals surface area contributed by atoms with Crippen molar-refractivity contribution in [2.45, 2.75) is 37.8 Å². The molecule has 0 bridgehead atoms. The van der Waals surface area contributed by atoms with Crippen LogP contribution in [-0.4, -0.2) is 38.0 Å². The van der Waals surface area contributed by atoms with Crippen molar-refractivity contribution in [1.82, 2.24) is 35.6 Å². The summed E-state index contributed by atoms with van der Waals surface area (Å²) in [5.41, 5.74) is 8.55. The Hall–Kier alpha value is -3.52. The van der Waals surface area contributed by atoms with Crippen molar-refractivity contribution in [1.29, 1.82) is 0 Å². The fourth-order valence-corrected chi connectivity index (χ4v) is 5.43. The summed E-state index contributed by atoms with van der Waals surface area (Å²) in [6, 6.07) is 19.8. The van der Waals surface area contributed by atoms with Gasteiger partial charge in [-0.25, -0.2) is 9.97 Å². The number of imidazole rings is 2. The van der Waals surface area contributed by atoms with E-state index in [0.717, 1.165) is 82.3 Å². The molecule has 0 spiro atoms. The Bertz CT molecular complexity index is 1490. The number of fused-ring (bicyclic) bond motifs is 1. The Labute approximate surface area is 222 Å². The van der Waals surface area contributed by atoms with E-state index >= 15 is 0 Å². The average Bonchev–Trinajstić information content (AvgIpc) is 3.75. The Morgan fingerprint density at radius 3 is 2.05 bits per heavy atom. The van der Waals surface area contributed by atoms with Crippen molar-refractivity contribution in [3.63, 3.8) is 0 Å². The van der Waals surface area contributed by atoms with Crippen LogP contribution in [0, 0.1) is 0 Å². The molecule has 2 aromatic carbocycles. The minimum absolute atomic E-state index is 0. The number of pyridine rings is 1. The summed E-state index contributed by atoms with van der Waals surface area (Å²) in [6.07, 6.45) is 8.58. The zero-order chi connectivity index (χ0) is 23.9. The number of rotatable bonds is 5. The zero-order valence-corrected chi connectivity index (χ0v) is 21.3. The van der Waals surface area contributed by atoms with Crippen LogP contribution in [0.4, 0.5) is 0 Å². The number of nitrogens with one attached hydrogen (secondary N) is 4. The number of benzene rings is 2. The van der Waals surface area contributed by atoms with Gasteiger partial charge in [-0.2, -0.15) is 0 Å². The van der Waals surface area contributed by atoms with E-state index in [-0.39, 0.29) is 12.4 Å². The predicted molar refractivity (Wildman–Crippen MR) is 150 cm³/mol. The molecule has 2 aliphatic heterocycles. The van der Waals surface area contributed by atoms with Gasteiger partial charge < -0.3 is 20.6 Å². The van der Waals surface area contributed by atoms with Crippen molar-refractivity contribution in [2.75, 3.05) is 13.1 Å². The maximum Gasteiger partial charge on any atom is 0.124 e. The van der Waals surface area contributed by atoms with Gasteiger partial charge in [-0.05, 0) is 68.1 Å². The van der Waals surface area contributed by atoms with Crippen LogP contribution in [-0.2, 0) is 0 Å². The minimum atomic E-state index is 0. The highest BCUT2D eigenvalue weighted by molar-refractivity contribution is 5.85. The van der Waals surface area contributed by atoms with E-state index in [1.165, 1.54) is 12.8 Å². The summed E-state index contributed by atoms with van der Waals surface area (Å²) >= 11 is 0. The molecule has 2 fully saturated rings. The van der Waals surface area contributed by atoms with E-state index in [9.17, 15) is 0 Å². The Kier molecular flexibility index (Phi) is 6.50. The molecule has 2 saturated heterocycles. The van der Waals surface area contributed by atoms with Crippen molar-refractivity contribution < 1.29 is 0 Å². The van der Waals surface area contributed by atoms with Gasteiger partial charge in [-0.15, -0.1) is 12.4 Å². The SMILES string of the molecule is Cl.c1cc(-c2cnc([C@@H]3CCCN3)[nH]2)ccc1-c1ccc(-c2ccc3nc(C4CCCN4)[nH]c3c2)nc1. The molecule has 0 radical (unpaired) electrons. The molecular weight excluding hydrogens is 482 g/mol. The molecule has 37 heavy (non-hydrogen) atoms. The Balaban J connectivity index is 0.00000252. The summed E-state index contributed by atoms with van der Waals surface area (Å²) in [6.45, 7) is 2.13. The lowest BCUT2D eigenvalue weighted by Gasteiger charge is -2.07. The van der Waals surface area contributed by atoms with Gasteiger partial charge in [0.15, 0.2) is 0 Å². The van der Waals surface area contributed by atoms with E-state index in [1.54, 1.807) is 0 Å². The molecule has 5 aromatic rings. The second kappa shape index (κ2) is 10.1. The van der Waals surface area contributed by atoms with Crippen molar-refractivity contribution in [3.8, 4) is 33.6 Å². The monoisotopic (exact) mass is 511 g/mol. The topological polar surface area (TPSA) is 94.3 Å². The van der Waals surface area contributed by atoms with Crippen LogP contribution < -0.4 is 10.6 Å². The summed E-state index contributed by atoms with van der Waals surface area (Å²) < 4.78 is 0. The highest BCUT2D eigenvalue weighted by Gasteiger charge is 2.20. The Morgan fingerprint density at radius 1 is 0.649 bits per heavy atom. The average molecular weight is 512 g/mol. The van der Waals surface area contributed by atoms with Gasteiger partial charge in [0.1, 0.15) is 11.6 Å². The molecule has 8 heteroatoms. The molecule has 0 saturated carbocycles. The summed E-state index contributed by atoms with van der Waals surface area (Å²) in [5.74, 6) is 2.07. The molecule has 3 aromatic heterocycles. The van der Waals surface area contributed by atoms with Gasteiger partial charge in [0.25, 0.3) is 0 Å². The first-order chi connectivity index (χ1) is 17.8. The van der Waals surface area contributed by atoms with Crippen LogP contribution in [0.2, 0.25) is 0 Å². The van der Waals surface area contributed by atoms with E-state index in [4.69, 9.17) is 9.97 Å². The molecule has 0 amide bonds. The third-order valence-electron chi connectivity index (χ3n) is 7.46. The third-order valence-corrected chi connectivity index (χ3v) is 7.46. The molecule has 188 valence electrons. The van der Waals surface area contributed by atoms with Gasteiger partial charge in [0.05, 0.1) is 40.7 Å². The molecule has 7 rings (SSSR count). The van der Waals surface area contributed by atoms with Gasteiger partial charge in [-0.3, -0.25) is 4.98 Å².